The Balaban J connectivity index is 1.65. The van der Waals surface area contributed by atoms with Crippen molar-refractivity contribution in [3.63, 3.8) is 0 Å². The number of carbonyl (C=O) groups is 2. The molecule has 7 heteroatoms. The number of rotatable bonds is 1. The van der Waals surface area contributed by atoms with Crippen LogP contribution in [-0.4, -0.2) is 40.5 Å². The highest BCUT2D eigenvalue weighted by Crippen LogP contribution is 2.68. The van der Waals surface area contributed by atoms with Crippen molar-refractivity contribution in [1.82, 2.24) is 0 Å². The van der Waals surface area contributed by atoms with E-state index >= 15 is 0 Å². The van der Waals surface area contributed by atoms with Crippen LogP contribution in [0.2, 0.25) is 0 Å². The summed E-state index contributed by atoms with van der Waals surface area (Å²) < 4.78 is 16.1. The summed E-state index contributed by atoms with van der Waals surface area (Å²) in [4.78, 5) is 25.6. The smallest absolute Gasteiger partial charge is 0.343 e. The van der Waals surface area contributed by atoms with Gasteiger partial charge >= 0.3 is 11.9 Å². The van der Waals surface area contributed by atoms with Crippen molar-refractivity contribution in [3.8, 4) is 0 Å². The molecule has 1 saturated carbocycles. The van der Waals surface area contributed by atoms with E-state index in [9.17, 15) is 19.8 Å². The van der Waals surface area contributed by atoms with Crippen LogP contribution in [0.4, 0.5) is 0 Å². The predicted octanol–water partition coefficient (Wildman–Crippen LogP) is 1.51. The number of allylic oxidation sites excluding steroid dienone is 1. The summed E-state index contributed by atoms with van der Waals surface area (Å²) in [5.41, 5.74) is -3.28. The first-order valence-corrected chi connectivity index (χ1v) is 9.35. The first-order chi connectivity index (χ1) is 12.9. The van der Waals surface area contributed by atoms with Gasteiger partial charge in [-0.15, -0.1) is 0 Å². The summed E-state index contributed by atoms with van der Waals surface area (Å²) in [6.07, 6.45) is 6.03. The van der Waals surface area contributed by atoms with E-state index in [1.165, 1.54) is 12.3 Å². The van der Waals surface area contributed by atoms with Crippen molar-refractivity contribution < 1.29 is 33.7 Å². The van der Waals surface area contributed by atoms with Crippen LogP contribution in [0.15, 0.2) is 35.2 Å². The van der Waals surface area contributed by atoms with Crippen LogP contribution in [0, 0.1) is 22.7 Å². The molecule has 7 nitrogen and oxygen atoms in total. The Morgan fingerprint density at radius 3 is 2.81 bits per heavy atom. The number of esters is 2. The molecule has 0 unspecified atom stereocenters. The summed E-state index contributed by atoms with van der Waals surface area (Å²) in [5.74, 6) is -1.73. The number of aliphatic hydroxyl groups is 2. The first kappa shape index (κ1) is 17.0. The molecule has 2 aliphatic carbocycles. The second-order valence-corrected chi connectivity index (χ2v) is 8.42. The number of aliphatic hydroxyl groups excluding tert-OH is 1. The minimum absolute atomic E-state index is 0.101. The zero-order chi connectivity index (χ0) is 19.0. The summed E-state index contributed by atoms with van der Waals surface area (Å²) in [6.45, 7) is 1.83. The van der Waals surface area contributed by atoms with Gasteiger partial charge in [-0.25, -0.2) is 4.79 Å². The minimum Gasteiger partial charge on any atom is -0.472 e. The Kier molecular flexibility index (Phi) is 3.30. The summed E-state index contributed by atoms with van der Waals surface area (Å²) in [7, 11) is 0. The van der Waals surface area contributed by atoms with Gasteiger partial charge in [-0.05, 0) is 36.8 Å². The predicted molar refractivity (Wildman–Crippen MR) is 90.0 cm³/mol. The number of cyclic esters (lactones) is 2. The normalized spacial score (nSPS) is 48.3. The van der Waals surface area contributed by atoms with Gasteiger partial charge in [0.05, 0.1) is 29.5 Å². The van der Waals surface area contributed by atoms with Crippen LogP contribution >= 0.6 is 0 Å². The third kappa shape index (κ3) is 1.79. The van der Waals surface area contributed by atoms with E-state index < -0.39 is 40.5 Å². The van der Waals surface area contributed by atoms with Crippen LogP contribution in [-0.2, 0) is 19.1 Å². The lowest BCUT2D eigenvalue weighted by atomic mass is 9.43. The molecule has 27 heavy (non-hydrogen) atoms. The first-order valence-electron chi connectivity index (χ1n) is 9.35. The van der Waals surface area contributed by atoms with Crippen molar-refractivity contribution in [2.24, 2.45) is 22.7 Å². The Bertz CT molecular complexity index is 829. The van der Waals surface area contributed by atoms with Crippen molar-refractivity contribution >= 4 is 11.9 Å². The monoisotopic (exact) mass is 374 g/mol. The molecule has 144 valence electrons. The van der Waals surface area contributed by atoms with E-state index in [0.717, 1.165) is 5.56 Å². The molecule has 2 saturated heterocycles. The highest BCUT2D eigenvalue weighted by Gasteiger charge is 2.77. The molecule has 2 spiro atoms. The molecule has 1 aromatic heterocycles. The molecule has 7 atom stereocenters. The fourth-order valence-corrected chi connectivity index (χ4v) is 6.12. The van der Waals surface area contributed by atoms with Gasteiger partial charge in [0.25, 0.3) is 0 Å². The Morgan fingerprint density at radius 2 is 2.07 bits per heavy atom. The number of fused-ring (bicyclic) bond motifs is 1. The molecule has 3 heterocycles. The van der Waals surface area contributed by atoms with Gasteiger partial charge in [-0.1, -0.05) is 13.0 Å². The second-order valence-electron chi connectivity index (χ2n) is 8.42. The van der Waals surface area contributed by atoms with Gasteiger partial charge in [0, 0.05) is 12.0 Å². The Hall–Kier alpha value is -2.12. The van der Waals surface area contributed by atoms with Crippen molar-refractivity contribution in [2.75, 3.05) is 6.61 Å². The van der Waals surface area contributed by atoms with E-state index in [-0.39, 0.29) is 24.9 Å². The van der Waals surface area contributed by atoms with E-state index in [0.29, 0.717) is 12.8 Å². The van der Waals surface area contributed by atoms with Crippen LogP contribution in [0.5, 0.6) is 0 Å². The molecule has 0 bridgehead atoms. The number of ether oxygens (including phenoxy) is 2. The van der Waals surface area contributed by atoms with Gasteiger partial charge in [-0.2, -0.15) is 0 Å². The van der Waals surface area contributed by atoms with E-state index in [1.807, 2.05) is 6.92 Å². The molecule has 0 aromatic carbocycles. The lowest BCUT2D eigenvalue weighted by Gasteiger charge is -2.58. The Labute approximate surface area is 155 Å². The van der Waals surface area contributed by atoms with Crippen molar-refractivity contribution in [2.45, 2.75) is 44.0 Å². The van der Waals surface area contributed by atoms with Crippen LogP contribution < -0.4 is 0 Å². The highest BCUT2D eigenvalue weighted by molar-refractivity contribution is 5.87. The molecule has 1 aromatic rings. The topological polar surface area (TPSA) is 106 Å². The zero-order valence-electron chi connectivity index (χ0n) is 15.0. The molecule has 0 amide bonds. The molecule has 2 aliphatic heterocycles. The van der Waals surface area contributed by atoms with Crippen LogP contribution in [0.3, 0.4) is 0 Å². The number of hydrogen-bond donors (Lipinski definition) is 2. The molecule has 2 N–H and O–H groups in total. The number of furan rings is 1. The Morgan fingerprint density at radius 1 is 1.26 bits per heavy atom. The van der Waals surface area contributed by atoms with Gasteiger partial charge in [-0.3, -0.25) is 4.79 Å². The maximum atomic E-state index is 13.2. The third-order valence-corrected chi connectivity index (χ3v) is 7.56. The van der Waals surface area contributed by atoms with Gasteiger partial charge in [0.1, 0.15) is 12.7 Å². The maximum absolute atomic E-state index is 13.2. The average molecular weight is 374 g/mol. The van der Waals surface area contributed by atoms with Crippen molar-refractivity contribution in [3.05, 3.63) is 36.3 Å². The minimum atomic E-state index is -1.92. The average Bonchev–Trinajstić information content (AvgIpc) is 3.32. The maximum Gasteiger partial charge on any atom is 0.343 e. The lowest BCUT2D eigenvalue weighted by Crippen LogP contribution is -2.68. The fourth-order valence-electron chi connectivity index (χ4n) is 6.12. The largest absolute Gasteiger partial charge is 0.472 e. The zero-order valence-corrected chi connectivity index (χ0v) is 15.0. The summed E-state index contributed by atoms with van der Waals surface area (Å²) >= 11 is 0. The fraction of sp³-hybridized carbons (Fsp3) is 0.600. The quantitative estimate of drug-likeness (QED) is 0.567. The SMILES string of the molecule is C[C@@H]1C[C@@H](O)[C@@]23COC(=O)[C@]2(O)C=CC[C@@H]3[C@@]12C[C@@H](c1ccoc1)OC2=O. The number of hydrogen-bond acceptors (Lipinski definition) is 7. The van der Waals surface area contributed by atoms with E-state index in [1.54, 1.807) is 18.4 Å². The molecular formula is C20H22O7. The molecule has 3 fully saturated rings. The third-order valence-electron chi connectivity index (χ3n) is 7.56. The van der Waals surface area contributed by atoms with Gasteiger partial charge in [0.15, 0.2) is 5.60 Å². The molecular weight excluding hydrogens is 352 g/mol. The highest BCUT2D eigenvalue weighted by atomic mass is 16.6. The number of carbonyl (C=O) groups excluding carboxylic acids is 2. The van der Waals surface area contributed by atoms with Crippen LogP contribution in [0.25, 0.3) is 0 Å². The molecule has 5 rings (SSSR count). The van der Waals surface area contributed by atoms with Gasteiger partial charge < -0.3 is 24.1 Å². The van der Waals surface area contributed by atoms with Crippen LogP contribution in [0.1, 0.15) is 37.9 Å². The standard InChI is InChI=1S/C20H22O7/c1-11-7-15(21)19-10-26-17(23)20(19,24)5-2-3-14(19)18(11)8-13(27-16(18)22)12-4-6-25-9-12/h2,4-6,9,11,13-15,21,24H,3,7-8,10H2,1H3/t11-,13+,14-,15-,18-,19+,20-/m1/s1. The lowest BCUT2D eigenvalue weighted by molar-refractivity contribution is -0.208. The summed E-state index contributed by atoms with van der Waals surface area (Å²) in [5, 5.41) is 22.2. The molecule has 0 radical (unpaired) electrons. The van der Waals surface area contributed by atoms with Gasteiger partial charge in [0.2, 0.25) is 0 Å². The van der Waals surface area contributed by atoms with E-state index in [2.05, 4.69) is 0 Å². The van der Waals surface area contributed by atoms with E-state index in [4.69, 9.17) is 13.9 Å². The summed E-state index contributed by atoms with van der Waals surface area (Å²) in [6, 6.07) is 1.77. The van der Waals surface area contributed by atoms with Crippen molar-refractivity contribution in [1.29, 1.82) is 0 Å². The molecule has 4 aliphatic rings. The second kappa shape index (κ2) is 5.23.